The Labute approximate surface area is 231 Å². The Bertz CT molecular complexity index is 1630. The Morgan fingerprint density at radius 3 is 2.57 bits per heavy atom. The van der Waals surface area contributed by atoms with Crippen molar-refractivity contribution in [1.82, 2.24) is 15.3 Å². The second kappa shape index (κ2) is 10.7. The number of pyridine rings is 1. The number of hydrogen-bond acceptors (Lipinski definition) is 6. The van der Waals surface area contributed by atoms with Crippen LogP contribution in [0.4, 0.5) is 5.69 Å². The van der Waals surface area contributed by atoms with Crippen LogP contribution in [0.2, 0.25) is 15.1 Å². The lowest BCUT2D eigenvalue weighted by atomic mass is 10.2. The largest absolute Gasteiger partial charge is 0.457 e. The van der Waals surface area contributed by atoms with Crippen LogP contribution in [-0.2, 0) is 4.79 Å². The van der Waals surface area contributed by atoms with Gasteiger partial charge in [-0.05, 0) is 79.0 Å². The van der Waals surface area contributed by atoms with Crippen molar-refractivity contribution in [3.05, 3.63) is 93.8 Å². The Morgan fingerprint density at radius 1 is 0.973 bits per heavy atom. The molecule has 0 bridgehead atoms. The van der Waals surface area contributed by atoms with Crippen LogP contribution < -0.4 is 10.6 Å². The molecule has 11 heteroatoms. The molecular formula is C26H15Cl3N4O3S. The number of amides is 1. The highest BCUT2D eigenvalue weighted by atomic mass is 35.5. The van der Waals surface area contributed by atoms with Crippen molar-refractivity contribution in [1.29, 1.82) is 0 Å². The van der Waals surface area contributed by atoms with Gasteiger partial charge in [-0.1, -0.05) is 34.8 Å². The molecule has 1 amide bonds. The van der Waals surface area contributed by atoms with Crippen molar-refractivity contribution >= 4 is 81.0 Å². The minimum atomic E-state index is -0.444. The van der Waals surface area contributed by atoms with Gasteiger partial charge in [0, 0.05) is 33.6 Å². The van der Waals surface area contributed by atoms with Crippen LogP contribution in [0.25, 0.3) is 40.1 Å². The first-order chi connectivity index (χ1) is 17.8. The lowest BCUT2D eigenvalue weighted by molar-refractivity contribution is -0.115. The molecule has 0 unspecified atom stereocenters. The maximum absolute atomic E-state index is 12.4. The third-order valence-electron chi connectivity index (χ3n) is 5.03. The maximum atomic E-state index is 12.4. The number of halogens is 3. The predicted molar refractivity (Wildman–Crippen MR) is 150 cm³/mol. The molecule has 0 atom stereocenters. The second-order valence-electron chi connectivity index (χ2n) is 7.68. The summed E-state index contributed by atoms with van der Waals surface area (Å²) in [6.07, 6.45) is 4.46. The number of carbonyl (C=O) groups excluding carboxylic acids is 1. The molecule has 3 heterocycles. The average molecular weight is 570 g/mol. The van der Waals surface area contributed by atoms with E-state index >= 15 is 0 Å². The van der Waals surface area contributed by atoms with Gasteiger partial charge in [-0.3, -0.25) is 10.1 Å². The van der Waals surface area contributed by atoms with Gasteiger partial charge >= 0.3 is 0 Å². The van der Waals surface area contributed by atoms with Gasteiger partial charge in [0.15, 0.2) is 16.3 Å². The SMILES string of the molecule is O=C(/C=C/c1ccc(-c2cc(Cl)cc(Cl)c2)o1)NC(=S)Nc1ccc(Cl)c(-c2nc3ncccc3o2)c1. The summed E-state index contributed by atoms with van der Waals surface area (Å²) in [6.45, 7) is 0. The second-order valence-corrected chi connectivity index (χ2v) is 9.36. The first-order valence-corrected chi connectivity index (χ1v) is 12.3. The number of benzene rings is 2. The van der Waals surface area contributed by atoms with Gasteiger partial charge in [0.05, 0.1) is 10.6 Å². The molecule has 7 nitrogen and oxygen atoms in total. The van der Waals surface area contributed by atoms with E-state index in [1.807, 2.05) is 0 Å². The zero-order chi connectivity index (χ0) is 25.9. The highest BCUT2D eigenvalue weighted by Crippen LogP contribution is 2.32. The number of rotatable bonds is 5. The van der Waals surface area contributed by atoms with Crippen LogP contribution in [0.1, 0.15) is 5.76 Å². The van der Waals surface area contributed by atoms with Crippen LogP contribution in [0.15, 0.2) is 81.8 Å². The van der Waals surface area contributed by atoms with Crippen molar-refractivity contribution in [2.75, 3.05) is 5.32 Å². The van der Waals surface area contributed by atoms with E-state index in [4.69, 9.17) is 55.9 Å². The van der Waals surface area contributed by atoms with E-state index in [9.17, 15) is 4.79 Å². The number of thiocarbonyl (C=S) groups is 1. The fourth-order valence-electron chi connectivity index (χ4n) is 3.42. The van der Waals surface area contributed by atoms with Gasteiger partial charge in [-0.25, -0.2) is 4.98 Å². The molecule has 0 spiro atoms. The summed E-state index contributed by atoms with van der Waals surface area (Å²) in [5.41, 5.74) is 2.87. The smallest absolute Gasteiger partial charge is 0.250 e. The number of carbonyl (C=O) groups is 1. The Kier molecular flexibility index (Phi) is 7.25. The monoisotopic (exact) mass is 568 g/mol. The third kappa shape index (κ3) is 6.00. The van der Waals surface area contributed by atoms with Gasteiger partial charge < -0.3 is 14.2 Å². The van der Waals surface area contributed by atoms with E-state index in [-0.39, 0.29) is 5.11 Å². The van der Waals surface area contributed by atoms with Crippen LogP contribution in [-0.4, -0.2) is 21.0 Å². The fraction of sp³-hybridized carbons (Fsp3) is 0. The van der Waals surface area contributed by atoms with Gasteiger partial charge in [-0.2, -0.15) is 4.98 Å². The number of oxazole rings is 1. The van der Waals surface area contributed by atoms with E-state index in [1.165, 1.54) is 12.2 Å². The molecule has 3 aromatic heterocycles. The van der Waals surface area contributed by atoms with Gasteiger partial charge in [0.25, 0.3) is 0 Å². The van der Waals surface area contributed by atoms with Crippen LogP contribution in [0.5, 0.6) is 0 Å². The lowest BCUT2D eigenvalue weighted by Gasteiger charge is -2.09. The predicted octanol–water partition coefficient (Wildman–Crippen LogP) is 7.64. The topological polar surface area (TPSA) is 93.2 Å². The standard InChI is InChI=1S/C26H15Cl3N4O3S/c27-15-10-14(11-16(28)12-15)21-7-4-18(35-21)5-8-23(34)32-26(37)31-17-3-6-20(29)19(13-17)25-33-24-22(36-25)2-1-9-30-24/h1-13H,(H2,31,32,34,37)/b8-5+. The summed E-state index contributed by atoms with van der Waals surface area (Å²) in [6, 6.07) is 17.2. The Hall–Kier alpha value is -3.69. The molecule has 0 aliphatic rings. The number of anilines is 1. The highest BCUT2D eigenvalue weighted by molar-refractivity contribution is 7.80. The minimum absolute atomic E-state index is 0.0934. The van der Waals surface area contributed by atoms with E-state index in [2.05, 4.69) is 20.6 Å². The molecule has 0 saturated carbocycles. The summed E-state index contributed by atoms with van der Waals surface area (Å²) >= 11 is 23.7. The Balaban J connectivity index is 1.23. The molecule has 0 fully saturated rings. The average Bonchev–Trinajstić information content (AvgIpc) is 3.50. The minimum Gasteiger partial charge on any atom is -0.457 e. The normalized spacial score (nSPS) is 11.2. The zero-order valence-corrected chi connectivity index (χ0v) is 21.8. The molecule has 184 valence electrons. The number of nitrogens with zero attached hydrogens (tertiary/aromatic N) is 2. The highest BCUT2D eigenvalue weighted by Gasteiger charge is 2.14. The maximum Gasteiger partial charge on any atom is 0.250 e. The van der Waals surface area contributed by atoms with Gasteiger partial charge in [-0.15, -0.1) is 0 Å². The van der Waals surface area contributed by atoms with Crippen molar-refractivity contribution in [2.45, 2.75) is 0 Å². The quantitative estimate of drug-likeness (QED) is 0.166. The first-order valence-electron chi connectivity index (χ1n) is 10.7. The summed E-state index contributed by atoms with van der Waals surface area (Å²) in [4.78, 5) is 20.9. The first kappa shape index (κ1) is 25.0. The number of fused-ring (bicyclic) bond motifs is 1. The van der Waals surface area contributed by atoms with Crippen molar-refractivity contribution in [3.63, 3.8) is 0 Å². The zero-order valence-electron chi connectivity index (χ0n) is 18.7. The molecule has 0 aliphatic heterocycles. The molecule has 2 N–H and O–H groups in total. The number of aromatic nitrogens is 2. The summed E-state index contributed by atoms with van der Waals surface area (Å²) in [7, 11) is 0. The van der Waals surface area contributed by atoms with Crippen LogP contribution >= 0.6 is 47.0 Å². The van der Waals surface area contributed by atoms with Gasteiger partial charge in [0.2, 0.25) is 11.8 Å². The van der Waals surface area contributed by atoms with Crippen molar-refractivity contribution in [3.8, 4) is 22.8 Å². The molecule has 5 rings (SSSR count). The van der Waals surface area contributed by atoms with Crippen molar-refractivity contribution < 1.29 is 13.6 Å². The molecular weight excluding hydrogens is 555 g/mol. The van der Waals surface area contributed by atoms with E-state index in [0.29, 0.717) is 55.0 Å². The molecule has 2 aromatic carbocycles. The fourth-order valence-corrected chi connectivity index (χ4v) is 4.36. The number of nitrogens with one attached hydrogen (secondary N) is 2. The molecule has 37 heavy (non-hydrogen) atoms. The third-order valence-corrected chi connectivity index (χ3v) is 6.00. The Morgan fingerprint density at radius 2 is 1.78 bits per heavy atom. The van der Waals surface area contributed by atoms with E-state index in [1.54, 1.807) is 66.9 Å². The summed E-state index contributed by atoms with van der Waals surface area (Å²) < 4.78 is 11.5. The molecule has 0 saturated heterocycles. The molecule has 0 aliphatic carbocycles. The van der Waals surface area contributed by atoms with Crippen LogP contribution in [0, 0.1) is 0 Å². The van der Waals surface area contributed by atoms with E-state index in [0.717, 1.165) is 5.56 Å². The van der Waals surface area contributed by atoms with Gasteiger partial charge in [0.1, 0.15) is 11.5 Å². The molecule has 0 radical (unpaired) electrons. The number of furan rings is 1. The summed E-state index contributed by atoms with van der Waals surface area (Å²) in [5.74, 6) is 0.906. The number of hydrogen-bond donors (Lipinski definition) is 2. The van der Waals surface area contributed by atoms with Crippen LogP contribution in [0.3, 0.4) is 0 Å². The van der Waals surface area contributed by atoms with Crippen molar-refractivity contribution in [2.24, 2.45) is 0 Å². The molecule has 5 aromatic rings. The van der Waals surface area contributed by atoms with E-state index < -0.39 is 5.91 Å². The summed E-state index contributed by atoms with van der Waals surface area (Å²) in [5, 5.41) is 7.06. The lowest BCUT2D eigenvalue weighted by Crippen LogP contribution is -2.32.